The minimum absolute atomic E-state index is 0.0747. The van der Waals surface area contributed by atoms with Gasteiger partial charge in [0.05, 0.1) is 18.8 Å². The van der Waals surface area contributed by atoms with Crippen molar-refractivity contribution >= 4 is 5.78 Å². The monoisotopic (exact) mass is 195 g/mol. The first-order valence-electron chi connectivity index (χ1n) is 4.48. The highest BCUT2D eigenvalue weighted by atomic mass is 16.5. The van der Waals surface area contributed by atoms with Gasteiger partial charge in [-0.15, -0.1) is 0 Å². The second-order valence-electron chi connectivity index (χ2n) is 3.67. The van der Waals surface area contributed by atoms with Gasteiger partial charge in [-0.2, -0.15) is 5.10 Å². The van der Waals surface area contributed by atoms with E-state index in [1.807, 2.05) is 0 Å². The molecule has 1 aromatic heterocycles. The van der Waals surface area contributed by atoms with E-state index >= 15 is 0 Å². The van der Waals surface area contributed by atoms with Crippen LogP contribution in [0.1, 0.15) is 23.3 Å². The standard InChI is InChI=1S/C9H13N3O2/c1-12-7(6(14-2)5-11-12)8(13)9(10)3-4-9/h5H,3-4,10H2,1-2H3. The van der Waals surface area contributed by atoms with Crippen molar-refractivity contribution in [3.8, 4) is 5.75 Å². The quantitative estimate of drug-likeness (QED) is 0.694. The molecule has 5 nitrogen and oxygen atoms in total. The summed E-state index contributed by atoms with van der Waals surface area (Å²) in [5.74, 6) is 0.420. The largest absolute Gasteiger partial charge is 0.493 e. The van der Waals surface area contributed by atoms with Crippen molar-refractivity contribution in [2.75, 3.05) is 7.11 Å². The summed E-state index contributed by atoms with van der Waals surface area (Å²) in [5.41, 5.74) is 5.63. The van der Waals surface area contributed by atoms with E-state index < -0.39 is 5.54 Å². The molecule has 0 unspecified atom stereocenters. The number of aryl methyl sites for hydroxylation is 1. The highest BCUT2D eigenvalue weighted by Crippen LogP contribution is 2.37. The topological polar surface area (TPSA) is 70.1 Å². The molecule has 1 saturated carbocycles. The number of ketones is 1. The Hall–Kier alpha value is -1.36. The van der Waals surface area contributed by atoms with Gasteiger partial charge in [0.2, 0.25) is 5.78 Å². The van der Waals surface area contributed by atoms with Gasteiger partial charge in [0, 0.05) is 7.05 Å². The normalized spacial score (nSPS) is 17.9. The second-order valence-corrected chi connectivity index (χ2v) is 3.67. The molecule has 1 aromatic rings. The van der Waals surface area contributed by atoms with Crippen LogP contribution in [0.25, 0.3) is 0 Å². The predicted molar refractivity (Wildman–Crippen MR) is 50.2 cm³/mol. The maximum absolute atomic E-state index is 11.9. The molecule has 2 N–H and O–H groups in total. The van der Waals surface area contributed by atoms with E-state index in [1.165, 1.54) is 18.0 Å². The highest BCUT2D eigenvalue weighted by Gasteiger charge is 2.48. The Kier molecular flexibility index (Phi) is 1.85. The fourth-order valence-electron chi connectivity index (χ4n) is 1.42. The van der Waals surface area contributed by atoms with Gasteiger partial charge < -0.3 is 10.5 Å². The van der Waals surface area contributed by atoms with Crippen LogP contribution >= 0.6 is 0 Å². The fourth-order valence-corrected chi connectivity index (χ4v) is 1.42. The Morgan fingerprint density at radius 1 is 1.71 bits per heavy atom. The lowest BCUT2D eigenvalue weighted by atomic mass is 10.1. The molecule has 76 valence electrons. The number of nitrogens with zero attached hydrogens (tertiary/aromatic N) is 2. The summed E-state index contributed by atoms with van der Waals surface area (Å²) in [7, 11) is 3.23. The van der Waals surface area contributed by atoms with Crippen molar-refractivity contribution in [2.24, 2.45) is 12.8 Å². The Bertz CT molecular complexity index is 379. The zero-order valence-electron chi connectivity index (χ0n) is 8.28. The van der Waals surface area contributed by atoms with Crippen molar-refractivity contribution in [2.45, 2.75) is 18.4 Å². The Morgan fingerprint density at radius 3 is 2.86 bits per heavy atom. The number of nitrogens with two attached hydrogens (primary N) is 1. The predicted octanol–water partition coefficient (Wildman–Crippen LogP) is 0.103. The van der Waals surface area contributed by atoms with E-state index in [1.54, 1.807) is 7.05 Å². The first kappa shape index (κ1) is 9.21. The molecule has 1 heterocycles. The molecule has 1 aliphatic carbocycles. The Morgan fingerprint density at radius 2 is 2.36 bits per heavy atom. The highest BCUT2D eigenvalue weighted by molar-refractivity contribution is 6.05. The summed E-state index contributed by atoms with van der Waals surface area (Å²) in [6.07, 6.45) is 3.03. The molecule has 0 radical (unpaired) electrons. The van der Waals surface area contributed by atoms with Crippen molar-refractivity contribution in [1.29, 1.82) is 0 Å². The number of carbonyl (C=O) groups is 1. The maximum atomic E-state index is 11.9. The summed E-state index contributed by atoms with van der Waals surface area (Å²) >= 11 is 0. The number of methoxy groups -OCH3 is 1. The second kappa shape index (κ2) is 2.81. The number of hydrogen-bond donors (Lipinski definition) is 1. The third kappa shape index (κ3) is 1.21. The van der Waals surface area contributed by atoms with Gasteiger partial charge >= 0.3 is 0 Å². The number of aromatic nitrogens is 2. The van der Waals surface area contributed by atoms with Crippen LogP contribution in [0.2, 0.25) is 0 Å². The first-order valence-corrected chi connectivity index (χ1v) is 4.48. The van der Waals surface area contributed by atoms with E-state index in [0.717, 1.165) is 12.8 Å². The molecule has 0 saturated heterocycles. The lowest BCUT2D eigenvalue weighted by Gasteiger charge is -2.08. The van der Waals surface area contributed by atoms with E-state index in [2.05, 4.69) is 5.10 Å². The van der Waals surface area contributed by atoms with Gasteiger partial charge in [0.1, 0.15) is 5.69 Å². The number of Topliss-reactive ketones (excluding diaryl/α,β-unsaturated/α-hetero) is 1. The summed E-state index contributed by atoms with van der Waals surface area (Å²) in [4.78, 5) is 11.9. The molecule has 0 atom stereocenters. The van der Waals surface area contributed by atoms with Crippen molar-refractivity contribution in [1.82, 2.24) is 9.78 Å². The van der Waals surface area contributed by atoms with E-state index in [-0.39, 0.29) is 5.78 Å². The Balaban J connectivity index is 2.39. The molecule has 1 fully saturated rings. The molecule has 1 aliphatic rings. The van der Waals surface area contributed by atoms with E-state index in [9.17, 15) is 4.79 Å². The van der Waals surface area contributed by atoms with Gasteiger partial charge in [-0.1, -0.05) is 0 Å². The van der Waals surface area contributed by atoms with Gasteiger partial charge in [-0.05, 0) is 12.8 Å². The number of rotatable bonds is 3. The van der Waals surface area contributed by atoms with Gasteiger partial charge in [0.15, 0.2) is 5.75 Å². The minimum atomic E-state index is -0.666. The van der Waals surface area contributed by atoms with Crippen molar-refractivity contribution < 1.29 is 9.53 Å². The average Bonchev–Trinajstić information content (AvgIpc) is 2.79. The summed E-state index contributed by atoms with van der Waals surface area (Å²) in [5, 5.41) is 3.97. The SMILES string of the molecule is COc1cnn(C)c1C(=O)C1(N)CC1. The molecule has 0 aromatic carbocycles. The van der Waals surface area contributed by atoms with Crippen molar-refractivity contribution in [3.63, 3.8) is 0 Å². The lowest BCUT2D eigenvalue weighted by molar-refractivity contribution is 0.0936. The summed E-state index contributed by atoms with van der Waals surface area (Å²) in [6, 6.07) is 0. The first-order chi connectivity index (χ1) is 6.58. The third-order valence-corrected chi connectivity index (χ3v) is 2.58. The number of hydrogen-bond acceptors (Lipinski definition) is 4. The van der Waals surface area contributed by atoms with Crippen LogP contribution in [-0.4, -0.2) is 28.2 Å². The van der Waals surface area contributed by atoms with Gasteiger partial charge in [-0.3, -0.25) is 9.48 Å². The van der Waals surface area contributed by atoms with Crippen LogP contribution in [0.3, 0.4) is 0 Å². The zero-order chi connectivity index (χ0) is 10.3. The minimum Gasteiger partial charge on any atom is -0.493 e. The lowest BCUT2D eigenvalue weighted by Crippen LogP contribution is -2.34. The number of ether oxygens (including phenoxy) is 1. The summed E-state index contributed by atoms with van der Waals surface area (Å²) in [6.45, 7) is 0. The molecular formula is C9H13N3O2. The van der Waals surface area contributed by atoms with Crippen LogP contribution in [0, 0.1) is 0 Å². The van der Waals surface area contributed by atoms with E-state index in [4.69, 9.17) is 10.5 Å². The van der Waals surface area contributed by atoms with E-state index in [0.29, 0.717) is 11.4 Å². The fraction of sp³-hybridized carbons (Fsp3) is 0.556. The maximum Gasteiger partial charge on any atom is 0.204 e. The van der Waals surface area contributed by atoms with Gasteiger partial charge in [-0.25, -0.2) is 0 Å². The van der Waals surface area contributed by atoms with Crippen LogP contribution in [0.4, 0.5) is 0 Å². The summed E-state index contributed by atoms with van der Waals surface area (Å²) < 4.78 is 6.56. The molecule has 0 aliphatic heterocycles. The third-order valence-electron chi connectivity index (χ3n) is 2.58. The van der Waals surface area contributed by atoms with Crippen molar-refractivity contribution in [3.05, 3.63) is 11.9 Å². The van der Waals surface area contributed by atoms with Crippen LogP contribution in [0.5, 0.6) is 5.75 Å². The molecular weight excluding hydrogens is 182 g/mol. The average molecular weight is 195 g/mol. The molecule has 14 heavy (non-hydrogen) atoms. The smallest absolute Gasteiger partial charge is 0.204 e. The van der Waals surface area contributed by atoms with Gasteiger partial charge in [0.25, 0.3) is 0 Å². The molecule has 0 amide bonds. The molecule has 2 rings (SSSR count). The number of carbonyl (C=O) groups excluding carboxylic acids is 1. The molecule has 0 bridgehead atoms. The van der Waals surface area contributed by atoms with Crippen LogP contribution < -0.4 is 10.5 Å². The molecule has 5 heteroatoms. The zero-order valence-corrected chi connectivity index (χ0v) is 8.28. The Labute approximate surface area is 81.8 Å². The molecule has 0 spiro atoms. The van der Waals surface area contributed by atoms with Crippen LogP contribution in [-0.2, 0) is 7.05 Å². The van der Waals surface area contributed by atoms with Crippen LogP contribution in [0.15, 0.2) is 6.20 Å².